The van der Waals surface area contributed by atoms with E-state index in [4.69, 9.17) is 9.47 Å². The summed E-state index contributed by atoms with van der Waals surface area (Å²) in [6.45, 7) is 5.51. The molecule has 5 nitrogen and oxygen atoms in total. The van der Waals surface area contributed by atoms with Gasteiger partial charge in [0.05, 0.1) is 5.92 Å². The van der Waals surface area contributed by atoms with Gasteiger partial charge in [0.1, 0.15) is 5.60 Å². The van der Waals surface area contributed by atoms with E-state index < -0.39 is 17.7 Å². The predicted octanol–water partition coefficient (Wildman–Crippen LogP) is 1.42. The van der Waals surface area contributed by atoms with Crippen LogP contribution in [0.2, 0.25) is 0 Å². The molecule has 3 aliphatic rings. The van der Waals surface area contributed by atoms with Crippen LogP contribution in [0.15, 0.2) is 0 Å². The van der Waals surface area contributed by atoms with Gasteiger partial charge in [0.25, 0.3) is 0 Å². The molecule has 2 N–H and O–H groups in total. The summed E-state index contributed by atoms with van der Waals surface area (Å²) in [5.41, 5.74) is -1.18. The van der Waals surface area contributed by atoms with Crippen LogP contribution in [0.4, 0.5) is 0 Å². The van der Waals surface area contributed by atoms with Gasteiger partial charge in [0, 0.05) is 12.3 Å². The van der Waals surface area contributed by atoms with Crippen LogP contribution in [0, 0.1) is 23.7 Å². The molecule has 3 unspecified atom stereocenters. The Morgan fingerprint density at radius 3 is 2.55 bits per heavy atom. The maximum Gasteiger partial charge on any atom is 0.311 e. The molecule has 2 saturated heterocycles. The Bertz CT molecular complexity index is 420. The largest absolute Gasteiger partial charge is 0.432 e. The van der Waals surface area contributed by atoms with Gasteiger partial charge in [-0.2, -0.15) is 0 Å². The summed E-state index contributed by atoms with van der Waals surface area (Å²) in [6, 6.07) is 0. The minimum absolute atomic E-state index is 0.00391. The molecule has 3 rings (SSSR count). The van der Waals surface area contributed by atoms with Crippen molar-refractivity contribution >= 4 is 5.97 Å². The fourth-order valence-corrected chi connectivity index (χ4v) is 4.42. The molecule has 2 aliphatic heterocycles. The maximum atomic E-state index is 12.0. The van der Waals surface area contributed by atoms with Crippen molar-refractivity contribution in [2.45, 2.75) is 64.1 Å². The van der Waals surface area contributed by atoms with Crippen molar-refractivity contribution < 1.29 is 24.5 Å². The second-order valence-electron chi connectivity index (χ2n) is 7.04. The molecule has 5 heteroatoms. The van der Waals surface area contributed by atoms with Crippen LogP contribution in [0.5, 0.6) is 0 Å². The molecule has 0 aromatic carbocycles. The summed E-state index contributed by atoms with van der Waals surface area (Å²) in [6.07, 6.45) is 1.86. The molecule has 0 bridgehead atoms. The minimum atomic E-state index is -1.36. The third kappa shape index (κ3) is 1.90. The third-order valence-corrected chi connectivity index (χ3v) is 5.66. The lowest BCUT2D eigenvalue weighted by Crippen LogP contribution is -2.65. The van der Waals surface area contributed by atoms with Gasteiger partial charge in [-0.15, -0.1) is 0 Å². The molecule has 0 aromatic rings. The van der Waals surface area contributed by atoms with Crippen LogP contribution in [0.3, 0.4) is 0 Å². The lowest BCUT2D eigenvalue weighted by atomic mass is 9.58. The Kier molecular flexibility index (Phi) is 3.16. The number of aliphatic hydroxyl groups is 2. The fourth-order valence-electron chi connectivity index (χ4n) is 4.42. The average Bonchev–Trinajstić information content (AvgIpc) is 2.44. The summed E-state index contributed by atoms with van der Waals surface area (Å²) in [5, 5.41) is 21.6. The number of hydrogen-bond acceptors (Lipinski definition) is 5. The number of carbonyl (C=O) groups excluding carboxylic acids is 1. The van der Waals surface area contributed by atoms with Gasteiger partial charge >= 0.3 is 5.97 Å². The molecule has 1 saturated carbocycles. The molecular weight excluding hydrogens is 260 g/mol. The number of carbonyl (C=O) groups is 1. The molecule has 0 radical (unpaired) electrons. The summed E-state index contributed by atoms with van der Waals surface area (Å²) in [7, 11) is 0. The molecule has 0 amide bonds. The molecule has 20 heavy (non-hydrogen) atoms. The molecule has 0 aromatic heterocycles. The number of rotatable bonds is 0. The zero-order valence-electron chi connectivity index (χ0n) is 12.3. The topological polar surface area (TPSA) is 76.0 Å². The number of ether oxygens (including phenoxy) is 2. The summed E-state index contributed by atoms with van der Waals surface area (Å²) in [4.78, 5) is 12.0. The number of esters is 1. The van der Waals surface area contributed by atoms with Crippen molar-refractivity contribution in [1.82, 2.24) is 0 Å². The van der Waals surface area contributed by atoms with Crippen LogP contribution in [-0.4, -0.2) is 33.9 Å². The smallest absolute Gasteiger partial charge is 0.311 e. The van der Waals surface area contributed by atoms with Crippen molar-refractivity contribution in [2.24, 2.45) is 23.7 Å². The summed E-state index contributed by atoms with van der Waals surface area (Å²) < 4.78 is 10.9. The molecule has 1 aliphatic carbocycles. The Labute approximate surface area is 119 Å². The van der Waals surface area contributed by atoms with E-state index in [1.807, 2.05) is 6.92 Å². The highest BCUT2D eigenvalue weighted by molar-refractivity contribution is 5.74. The van der Waals surface area contributed by atoms with Gasteiger partial charge < -0.3 is 19.7 Å². The van der Waals surface area contributed by atoms with E-state index in [-0.39, 0.29) is 23.7 Å². The standard InChI is InChI=1S/C15H24O5/c1-8-4-5-11-9(2)12(16)19-13-15(11,18)10(8)6-7-14(3,17)20-13/h8-11,13,17-18H,4-7H2,1-3H3/t8-,9-,10+,11+,13?,14?,15?/m1/s1. The van der Waals surface area contributed by atoms with Crippen molar-refractivity contribution in [3.05, 3.63) is 0 Å². The van der Waals surface area contributed by atoms with E-state index in [2.05, 4.69) is 6.92 Å². The van der Waals surface area contributed by atoms with E-state index in [1.165, 1.54) is 0 Å². The van der Waals surface area contributed by atoms with Crippen molar-refractivity contribution in [2.75, 3.05) is 0 Å². The molecule has 3 fully saturated rings. The SMILES string of the molecule is C[C@@H]1CC[C@H]2[C@@H](C)C(=O)OC3OC(C)(O)CC[C@@H]1C32O. The van der Waals surface area contributed by atoms with Gasteiger partial charge in [0.2, 0.25) is 6.29 Å². The Morgan fingerprint density at radius 2 is 1.85 bits per heavy atom. The highest BCUT2D eigenvalue weighted by Gasteiger charge is 2.63. The molecule has 2 heterocycles. The van der Waals surface area contributed by atoms with Gasteiger partial charge in [0.15, 0.2) is 5.79 Å². The van der Waals surface area contributed by atoms with Crippen molar-refractivity contribution in [1.29, 1.82) is 0 Å². The van der Waals surface area contributed by atoms with Crippen LogP contribution in [0.1, 0.15) is 46.5 Å². The second kappa shape index (κ2) is 4.42. The zero-order valence-corrected chi connectivity index (χ0v) is 12.3. The van der Waals surface area contributed by atoms with E-state index >= 15 is 0 Å². The van der Waals surface area contributed by atoms with Crippen LogP contribution in [0.25, 0.3) is 0 Å². The van der Waals surface area contributed by atoms with Crippen molar-refractivity contribution in [3.8, 4) is 0 Å². The Morgan fingerprint density at radius 1 is 1.15 bits per heavy atom. The van der Waals surface area contributed by atoms with E-state index in [1.54, 1.807) is 6.92 Å². The number of hydrogen-bond donors (Lipinski definition) is 2. The van der Waals surface area contributed by atoms with Crippen LogP contribution >= 0.6 is 0 Å². The van der Waals surface area contributed by atoms with Gasteiger partial charge in [-0.1, -0.05) is 13.8 Å². The highest BCUT2D eigenvalue weighted by Crippen LogP contribution is 2.54. The van der Waals surface area contributed by atoms with E-state index in [0.717, 1.165) is 12.8 Å². The minimum Gasteiger partial charge on any atom is -0.432 e. The fraction of sp³-hybridized carbons (Fsp3) is 0.933. The molecule has 114 valence electrons. The predicted molar refractivity (Wildman–Crippen MR) is 70.3 cm³/mol. The molecule has 0 spiro atoms. The van der Waals surface area contributed by atoms with Gasteiger partial charge in [-0.05, 0) is 38.0 Å². The zero-order chi connectivity index (χ0) is 14.7. The molecule has 7 atom stereocenters. The normalized spacial score (nSPS) is 55.6. The van der Waals surface area contributed by atoms with Gasteiger partial charge in [-0.25, -0.2) is 0 Å². The maximum absolute atomic E-state index is 12.0. The first-order valence-electron chi connectivity index (χ1n) is 7.59. The average molecular weight is 284 g/mol. The lowest BCUT2D eigenvalue weighted by molar-refractivity contribution is -0.346. The highest BCUT2D eigenvalue weighted by atomic mass is 16.8. The monoisotopic (exact) mass is 284 g/mol. The third-order valence-electron chi connectivity index (χ3n) is 5.66. The Balaban J connectivity index is 2.05. The second-order valence-corrected chi connectivity index (χ2v) is 7.04. The van der Waals surface area contributed by atoms with Crippen LogP contribution in [-0.2, 0) is 14.3 Å². The van der Waals surface area contributed by atoms with Gasteiger partial charge in [-0.3, -0.25) is 4.79 Å². The Hall–Kier alpha value is -0.650. The summed E-state index contributed by atoms with van der Waals surface area (Å²) in [5.74, 6) is -1.84. The first kappa shape index (κ1) is 14.3. The first-order valence-corrected chi connectivity index (χ1v) is 7.59. The van der Waals surface area contributed by atoms with E-state index in [9.17, 15) is 15.0 Å². The quantitative estimate of drug-likeness (QED) is 0.658. The molecular formula is C15H24O5. The van der Waals surface area contributed by atoms with Crippen LogP contribution < -0.4 is 0 Å². The lowest BCUT2D eigenvalue weighted by Gasteiger charge is -2.54. The van der Waals surface area contributed by atoms with E-state index in [0.29, 0.717) is 18.8 Å². The summed E-state index contributed by atoms with van der Waals surface area (Å²) >= 11 is 0. The first-order chi connectivity index (χ1) is 9.25. The van der Waals surface area contributed by atoms with Crippen molar-refractivity contribution in [3.63, 3.8) is 0 Å².